The fourth-order valence-corrected chi connectivity index (χ4v) is 6.01. The summed E-state index contributed by atoms with van der Waals surface area (Å²) < 4.78 is 50.9. The molecule has 1 saturated heterocycles. The number of halogens is 1. The molecule has 1 amide bonds. The first-order valence-corrected chi connectivity index (χ1v) is 14.1. The van der Waals surface area contributed by atoms with E-state index in [4.69, 9.17) is 11.6 Å². The van der Waals surface area contributed by atoms with Crippen LogP contribution >= 0.6 is 11.6 Å². The summed E-state index contributed by atoms with van der Waals surface area (Å²) in [6.07, 6.45) is 4.76. The van der Waals surface area contributed by atoms with Gasteiger partial charge in [-0.3, -0.25) is 4.79 Å². The zero-order chi connectivity index (χ0) is 23.5. The molecule has 10 heteroatoms. The number of hydrogen-bond acceptors (Lipinski definition) is 5. The van der Waals surface area contributed by atoms with Gasteiger partial charge in [0.2, 0.25) is 10.0 Å². The average molecular weight is 499 g/mol. The molecule has 1 fully saturated rings. The van der Waals surface area contributed by atoms with Crippen LogP contribution in [-0.2, 0) is 19.9 Å². The molecule has 3 rings (SSSR count). The molecule has 0 aromatic heterocycles. The van der Waals surface area contributed by atoms with E-state index in [2.05, 4.69) is 5.32 Å². The minimum absolute atomic E-state index is 0.0408. The SMILES string of the molecule is CC(NC(=O)c1cc(S(=O)(=O)N2CCCCCC2)ccc1Cl)c1ccc(S(C)(=O)=O)cc1. The Morgan fingerprint density at radius 2 is 1.50 bits per heavy atom. The second kappa shape index (κ2) is 9.91. The minimum atomic E-state index is -3.72. The molecule has 32 heavy (non-hydrogen) atoms. The number of rotatable bonds is 6. The largest absolute Gasteiger partial charge is 0.345 e. The van der Waals surface area contributed by atoms with E-state index in [0.717, 1.165) is 31.9 Å². The van der Waals surface area contributed by atoms with Gasteiger partial charge in [0.1, 0.15) is 0 Å². The van der Waals surface area contributed by atoms with Gasteiger partial charge in [-0.25, -0.2) is 16.8 Å². The number of nitrogens with zero attached hydrogens (tertiary/aromatic N) is 1. The van der Waals surface area contributed by atoms with Gasteiger partial charge in [0, 0.05) is 19.3 Å². The van der Waals surface area contributed by atoms with Gasteiger partial charge in [-0.1, -0.05) is 36.6 Å². The van der Waals surface area contributed by atoms with Crippen LogP contribution in [0.4, 0.5) is 0 Å². The predicted octanol–water partition coefficient (Wildman–Crippen LogP) is 3.80. The first-order chi connectivity index (χ1) is 15.0. The number of hydrogen-bond donors (Lipinski definition) is 1. The van der Waals surface area contributed by atoms with E-state index in [0.29, 0.717) is 18.7 Å². The van der Waals surface area contributed by atoms with Gasteiger partial charge in [-0.15, -0.1) is 0 Å². The molecule has 0 saturated carbocycles. The molecule has 174 valence electrons. The molecule has 2 aromatic rings. The van der Waals surface area contributed by atoms with E-state index in [1.165, 1.54) is 34.6 Å². The lowest BCUT2D eigenvalue weighted by atomic mass is 10.1. The normalized spacial score (nSPS) is 16.8. The van der Waals surface area contributed by atoms with Crippen molar-refractivity contribution in [3.05, 3.63) is 58.6 Å². The highest BCUT2D eigenvalue weighted by Crippen LogP contribution is 2.26. The molecule has 7 nitrogen and oxygen atoms in total. The van der Waals surface area contributed by atoms with Crippen LogP contribution in [0.25, 0.3) is 0 Å². The zero-order valence-corrected chi connectivity index (χ0v) is 20.4. The molecule has 0 radical (unpaired) electrons. The summed E-state index contributed by atoms with van der Waals surface area (Å²) in [6.45, 7) is 2.68. The van der Waals surface area contributed by atoms with Crippen molar-refractivity contribution in [3.63, 3.8) is 0 Å². The molecule has 1 aliphatic heterocycles. The van der Waals surface area contributed by atoms with E-state index in [9.17, 15) is 21.6 Å². The Balaban J connectivity index is 1.81. The molecule has 0 spiro atoms. The van der Waals surface area contributed by atoms with Crippen molar-refractivity contribution >= 4 is 37.4 Å². The van der Waals surface area contributed by atoms with Gasteiger partial charge < -0.3 is 5.32 Å². The Hall–Kier alpha value is -1.94. The van der Waals surface area contributed by atoms with Crippen molar-refractivity contribution in [3.8, 4) is 0 Å². The fourth-order valence-electron chi connectivity index (χ4n) is 3.63. The van der Waals surface area contributed by atoms with E-state index in [1.807, 2.05) is 0 Å². The van der Waals surface area contributed by atoms with Crippen molar-refractivity contribution in [1.82, 2.24) is 9.62 Å². The molecule has 1 unspecified atom stereocenters. The Kier molecular flexibility index (Phi) is 7.65. The molecule has 1 atom stereocenters. The number of nitrogens with one attached hydrogen (secondary N) is 1. The molecule has 0 aliphatic carbocycles. The highest BCUT2D eigenvalue weighted by molar-refractivity contribution is 7.90. The van der Waals surface area contributed by atoms with Gasteiger partial charge in [0.05, 0.1) is 26.4 Å². The van der Waals surface area contributed by atoms with Crippen LogP contribution in [-0.4, -0.2) is 46.4 Å². The maximum absolute atomic E-state index is 13.1. The minimum Gasteiger partial charge on any atom is -0.345 e. The Morgan fingerprint density at radius 1 is 0.938 bits per heavy atom. The van der Waals surface area contributed by atoms with Gasteiger partial charge in [0.15, 0.2) is 9.84 Å². The van der Waals surface area contributed by atoms with Crippen LogP contribution in [0.15, 0.2) is 52.3 Å². The second-order valence-electron chi connectivity index (χ2n) is 8.00. The quantitative estimate of drug-likeness (QED) is 0.652. The highest BCUT2D eigenvalue weighted by Gasteiger charge is 2.27. The highest BCUT2D eigenvalue weighted by atomic mass is 35.5. The van der Waals surface area contributed by atoms with Crippen LogP contribution in [0.1, 0.15) is 54.6 Å². The summed E-state index contributed by atoms with van der Waals surface area (Å²) >= 11 is 6.22. The third-order valence-corrected chi connectivity index (χ3v) is 8.89. The second-order valence-corrected chi connectivity index (χ2v) is 12.4. The Bertz CT molecular complexity index is 1190. The van der Waals surface area contributed by atoms with E-state index in [1.54, 1.807) is 19.1 Å². The lowest BCUT2D eigenvalue weighted by Gasteiger charge is -2.21. The number of sulfone groups is 1. The van der Waals surface area contributed by atoms with Crippen LogP contribution < -0.4 is 5.32 Å². The summed E-state index contributed by atoms with van der Waals surface area (Å²) in [6, 6.07) is 9.94. The Labute approximate surface area is 194 Å². The molecule has 0 bridgehead atoms. The van der Waals surface area contributed by atoms with Gasteiger partial charge >= 0.3 is 0 Å². The standard InChI is InChI=1S/C22H27ClN2O5S2/c1-16(17-7-9-18(10-8-17)31(2,27)28)24-22(26)20-15-19(11-12-21(20)23)32(29,30)25-13-5-3-4-6-14-25/h7-12,15-16H,3-6,13-14H2,1-2H3,(H,24,26). The van der Waals surface area contributed by atoms with Crippen LogP contribution in [0, 0.1) is 0 Å². The number of carbonyl (C=O) groups is 1. The molecular formula is C22H27ClN2O5S2. The number of sulfonamides is 1. The number of carbonyl (C=O) groups excluding carboxylic acids is 1. The van der Waals surface area contributed by atoms with Crippen LogP contribution in [0.5, 0.6) is 0 Å². The topological polar surface area (TPSA) is 101 Å². The first kappa shape index (κ1) is 24.7. The van der Waals surface area contributed by atoms with Gasteiger partial charge in [-0.05, 0) is 55.7 Å². The summed E-state index contributed by atoms with van der Waals surface area (Å²) in [5.74, 6) is -0.511. The average Bonchev–Trinajstić information content (AvgIpc) is 3.03. The zero-order valence-electron chi connectivity index (χ0n) is 18.0. The van der Waals surface area contributed by atoms with Gasteiger partial charge in [0.25, 0.3) is 5.91 Å². The monoisotopic (exact) mass is 498 g/mol. The number of amides is 1. The van der Waals surface area contributed by atoms with Crippen molar-refractivity contribution < 1.29 is 21.6 Å². The van der Waals surface area contributed by atoms with Crippen LogP contribution in [0.3, 0.4) is 0 Å². The lowest BCUT2D eigenvalue weighted by molar-refractivity contribution is 0.0939. The fraction of sp³-hybridized carbons (Fsp3) is 0.409. The Morgan fingerprint density at radius 3 is 2.06 bits per heavy atom. The third kappa shape index (κ3) is 5.70. The maximum atomic E-state index is 13.1. The molecule has 1 aliphatic rings. The van der Waals surface area contributed by atoms with E-state index in [-0.39, 0.29) is 20.4 Å². The van der Waals surface area contributed by atoms with Crippen molar-refractivity contribution in [2.24, 2.45) is 0 Å². The summed E-state index contributed by atoms with van der Waals surface area (Å²) in [4.78, 5) is 13.1. The predicted molar refractivity (Wildman–Crippen MR) is 124 cm³/mol. The van der Waals surface area contributed by atoms with Crippen molar-refractivity contribution in [2.45, 2.75) is 48.4 Å². The van der Waals surface area contributed by atoms with Crippen LogP contribution in [0.2, 0.25) is 5.02 Å². The third-order valence-electron chi connectivity index (χ3n) is 5.54. The molecule has 2 aromatic carbocycles. The van der Waals surface area contributed by atoms with Crippen molar-refractivity contribution in [2.75, 3.05) is 19.3 Å². The van der Waals surface area contributed by atoms with E-state index < -0.39 is 31.8 Å². The molecule has 1 N–H and O–H groups in total. The van der Waals surface area contributed by atoms with Gasteiger partial charge in [-0.2, -0.15) is 4.31 Å². The molecular weight excluding hydrogens is 472 g/mol. The summed E-state index contributed by atoms with van der Waals surface area (Å²) in [7, 11) is -7.03. The maximum Gasteiger partial charge on any atom is 0.253 e. The van der Waals surface area contributed by atoms with Crippen molar-refractivity contribution in [1.29, 1.82) is 0 Å². The smallest absolute Gasteiger partial charge is 0.253 e. The lowest BCUT2D eigenvalue weighted by Crippen LogP contribution is -2.32. The summed E-state index contributed by atoms with van der Waals surface area (Å²) in [5, 5.41) is 2.95. The summed E-state index contributed by atoms with van der Waals surface area (Å²) in [5.41, 5.74) is 0.775. The first-order valence-electron chi connectivity index (χ1n) is 10.4. The van der Waals surface area contributed by atoms with E-state index >= 15 is 0 Å². The molecule has 1 heterocycles. The number of benzene rings is 2.